The minimum absolute atomic E-state index is 0.0843. The van der Waals surface area contributed by atoms with Crippen molar-refractivity contribution in [1.82, 2.24) is 9.88 Å². The van der Waals surface area contributed by atoms with Crippen LogP contribution in [0.4, 0.5) is 0 Å². The molecule has 0 aromatic carbocycles. The number of likely N-dealkylation sites (tertiary alicyclic amines) is 1. The molecule has 19 heavy (non-hydrogen) atoms. The highest BCUT2D eigenvalue weighted by Crippen LogP contribution is 2.36. The molecule has 2 fully saturated rings. The van der Waals surface area contributed by atoms with Gasteiger partial charge in [-0.25, -0.2) is 0 Å². The van der Waals surface area contributed by atoms with Gasteiger partial charge >= 0.3 is 0 Å². The monoisotopic (exact) mass is 259 g/mol. The van der Waals surface area contributed by atoms with Crippen LogP contribution in [0.5, 0.6) is 0 Å². The second kappa shape index (κ2) is 4.93. The molecule has 3 atom stereocenters. The van der Waals surface area contributed by atoms with E-state index in [2.05, 4.69) is 4.98 Å². The van der Waals surface area contributed by atoms with Crippen LogP contribution in [0.3, 0.4) is 0 Å². The molecule has 1 aromatic rings. The van der Waals surface area contributed by atoms with Crippen LogP contribution >= 0.6 is 0 Å². The van der Waals surface area contributed by atoms with E-state index in [1.165, 1.54) is 0 Å². The van der Waals surface area contributed by atoms with Crippen molar-refractivity contribution in [1.29, 1.82) is 0 Å². The summed E-state index contributed by atoms with van der Waals surface area (Å²) >= 11 is 0. The third kappa shape index (κ3) is 2.37. The van der Waals surface area contributed by atoms with Crippen molar-refractivity contribution in [2.45, 2.75) is 32.2 Å². The Bertz CT molecular complexity index is 488. The molecular formula is C15H21N3O. The highest BCUT2D eigenvalue weighted by Gasteiger charge is 2.39. The van der Waals surface area contributed by atoms with Gasteiger partial charge in [0, 0.05) is 25.3 Å². The van der Waals surface area contributed by atoms with Crippen LogP contribution in [0, 0.1) is 18.8 Å². The fourth-order valence-electron chi connectivity index (χ4n) is 3.49. The summed E-state index contributed by atoms with van der Waals surface area (Å²) in [6.07, 6.45) is 5.03. The molecule has 2 heterocycles. The Hall–Kier alpha value is -1.42. The van der Waals surface area contributed by atoms with Crippen molar-refractivity contribution in [3.63, 3.8) is 0 Å². The summed E-state index contributed by atoms with van der Waals surface area (Å²) in [5, 5.41) is 0. The largest absolute Gasteiger partial charge is 0.337 e. The van der Waals surface area contributed by atoms with E-state index in [4.69, 9.17) is 5.73 Å². The molecule has 0 radical (unpaired) electrons. The maximum Gasteiger partial charge on any atom is 0.272 e. The first-order valence-electron chi connectivity index (χ1n) is 7.11. The van der Waals surface area contributed by atoms with E-state index < -0.39 is 0 Å². The molecule has 2 aliphatic rings. The normalized spacial score (nSPS) is 30.2. The fourth-order valence-corrected chi connectivity index (χ4v) is 3.49. The number of aryl methyl sites for hydroxylation is 1. The summed E-state index contributed by atoms with van der Waals surface area (Å²) in [6.45, 7) is 3.68. The standard InChI is InChI=1S/C15H21N3O/c1-10-3-2-6-17-14(10)15(19)18-8-11-4-5-13(16)7-12(11)9-18/h2-3,6,11-13H,4-5,7-9,16H2,1H3/t11-,12+,13?/m1/s1. The lowest BCUT2D eigenvalue weighted by Crippen LogP contribution is -2.32. The molecule has 1 aromatic heterocycles. The molecule has 4 nitrogen and oxygen atoms in total. The van der Waals surface area contributed by atoms with E-state index in [1.807, 2.05) is 24.0 Å². The minimum Gasteiger partial charge on any atom is -0.337 e. The van der Waals surface area contributed by atoms with E-state index in [1.54, 1.807) is 6.20 Å². The number of rotatable bonds is 1. The first kappa shape index (κ1) is 12.6. The lowest BCUT2D eigenvalue weighted by Gasteiger charge is -2.27. The number of amides is 1. The Balaban J connectivity index is 1.74. The Morgan fingerprint density at radius 3 is 2.95 bits per heavy atom. The van der Waals surface area contributed by atoms with Crippen molar-refractivity contribution in [3.05, 3.63) is 29.6 Å². The van der Waals surface area contributed by atoms with E-state index in [0.717, 1.165) is 37.9 Å². The van der Waals surface area contributed by atoms with E-state index >= 15 is 0 Å². The second-order valence-corrected chi connectivity index (χ2v) is 5.97. The van der Waals surface area contributed by atoms with Gasteiger partial charge in [-0.3, -0.25) is 9.78 Å². The molecule has 1 aliphatic heterocycles. The third-order valence-electron chi connectivity index (χ3n) is 4.59. The van der Waals surface area contributed by atoms with Gasteiger partial charge < -0.3 is 10.6 Å². The minimum atomic E-state index is 0.0843. The average Bonchev–Trinajstić information content (AvgIpc) is 2.81. The second-order valence-electron chi connectivity index (χ2n) is 5.97. The molecular weight excluding hydrogens is 238 g/mol. The molecule has 2 N–H and O–H groups in total. The highest BCUT2D eigenvalue weighted by molar-refractivity contribution is 5.93. The average molecular weight is 259 g/mol. The van der Waals surface area contributed by atoms with Crippen molar-refractivity contribution in [2.75, 3.05) is 13.1 Å². The van der Waals surface area contributed by atoms with Gasteiger partial charge in [0.1, 0.15) is 5.69 Å². The predicted molar refractivity (Wildman–Crippen MR) is 73.7 cm³/mol. The predicted octanol–water partition coefficient (Wildman–Crippen LogP) is 1.59. The SMILES string of the molecule is Cc1cccnc1C(=O)N1C[C@H]2CCC(N)C[C@H]2C1. The number of aromatic nitrogens is 1. The molecule has 1 unspecified atom stereocenters. The summed E-state index contributed by atoms with van der Waals surface area (Å²) in [5.41, 5.74) is 7.59. The molecule has 1 saturated heterocycles. The van der Waals surface area contributed by atoms with Crippen molar-refractivity contribution < 1.29 is 4.79 Å². The van der Waals surface area contributed by atoms with Crippen LogP contribution in [0.25, 0.3) is 0 Å². The molecule has 0 bridgehead atoms. The Labute approximate surface area is 114 Å². The zero-order valence-electron chi connectivity index (χ0n) is 11.4. The molecule has 4 heteroatoms. The summed E-state index contributed by atoms with van der Waals surface area (Å²) < 4.78 is 0. The van der Waals surface area contributed by atoms with Gasteiger partial charge in [-0.2, -0.15) is 0 Å². The van der Waals surface area contributed by atoms with E-state index in [0.29, 0.717) is 23.6 Å². The van der Waals surface area contributed by atoms with Crippen LogP contribution in [-0.2, 0) is 0 Å². The van der Waals surface area contributed by atoms with Crippen molar-refractivity contribution in [3.8, 4) is 0 Å². The van der Waals surface area contributed by atoms with Gasteiger partial charge in [0.15, 0.2) is 0 Å². The topological polar surface area (TPSA) is 59.2 Å². The van der Waals surface area contributed by atoms with Crippen LogP contribution in [0.1, 0.15) is 35.3 Å². The molecule has 3 rings (SSSR count). The number of carbonyl (C=O) groups is 1. The lowest BCUT2D eigenvalue weighted by molar-refractivity contribution is 0.0777. The number of hydrogen-bond acceptors (Lipinski definition) is 3. The molecule has 0 spiro atoms. The zero-order valence-corrected chi connectivity index (χ0v) is 11.4. The zero-order chi connectivity index (χ0) is 13.4. The number of pyridine rings is 1. The van der Waals surface area contributed by atoms with Crippen LogP contribution in [-0.4, -0.2) is 34.9 Å². The van der Waals surface area contributed by atoms with Gasteiger partial charge in [-0.15, -0.1) is 0 Å². The summed E-state index contributed by atoms with van der Waals surface area (Å²) in [7, 11) is 0. The van der Waals surface area contributed by atoms with Gasteiger partial charge in [-0.05, 0) is 49.7 Å². The number of carbonyl (C=O) groups excluding carboxylic acids is 1. The number of fused-ring (bicyclic) bond motifs is 1. The summed E-state index contributed by atoms with van der Waals surface area (Å²) in [6, 6.07) is 4.14. The number of nitrogens with two attached hydrogens (primary N) is 1. The first-order valence-corrected chi connectivity index (χ1v) is 7.11. The smallest absolute Gasteiger partial charge is 0.272 e. The Kier molecular flexibility index (Phi) is 3.27. The van der Waals surface area contributed by atoms with E-state index in [9.17, 15) is 4.79 Å². The summed E-state index contributed by atoms with van der Waals surface area (Å²) in [5.74, 6) is 1.32. The van der Waals surface area contributed by atoms with Crippen LogP contribution < -0.4 is 5.73 Å². The summed E-state index contributed by atoms with van der Waals surface area (Å²) in [4.78, 5) is 18.7. The van der Waals surface area contributed by atoms with E-state index in [-0.39, 0.29) is 5.91 Å². The Morgan fingerprint density at radius 1 is 1.37 bits per heavy atom. The van der Waals surface area contributed by atoms with Crippen LogP contribution in [0.15, 0.2) is 18.3 Å². The maximum atomic E-state index is 12.5. The first-order chi connectivity index (χ1) is 9.15. The van der Waals surface area contributed by atoms with Crippen LogP contribution in [0.2, 0.25) is 0 Å². The van der Waals surface area contributed by atoms with Crippen molar-refractivity contribution in [2.24, 2.45) is 17.6 Å². The molecule has 102 valence electrons. The number of nitrogens with zero attached hydrogens (tertiary/aromatic N) is 2. The molecule has 1 saturated carbocycles. The lowest BCUT2D eigenvalue weighted by atomic mass is 9.79. The van der Waals surface area contributed by atoms with Gasteiger partial charge in [0.05, 0.1) is 0 Å². The maximum absolute atomic E-state index is 12.5. The highest BCUT2D eigenvalue weighted by atomic mass is 16.2. The van der Waals surface area contributed by atoms with Gasteiger partial charge in [0.2, 0.25) is 0 Å². The Morgan fingerprint density at radius 2 is 2.16 bits per heavy atom. The number of hydrogen-bond donors (Lipinski definition) is 1. The van der Waals surface area contributed by atoms with Gasteiger partial charge in [0.25, 0.3) is 5.91 Å². The van der Waals surface area contributed by atoms with Crippen molar-refractivity contribution >= 4 is 5.91 Å². The van der Waals surface area contributed by atoms with Gasteiger partial charge in [-0.1, -0.05) is 6.07 Å². The molecule has 1 aliphatic carbocycles. The molecule has 1 amide bonds. The fraction of sp³-hybridized carbons (Fsp3) is 0.600. The third-order valence-corrected chi connectivity index (χ3v) is 4.59. The quantitative estimate of drug-likeness (QED) is 0.833.